The fourth-order valence-corrected chi connectivity index (χ4v) is 3.10. The number of aryl methyl sites for hydroxylation is 2. The first-order valence-electron chi connectivity index (χ1n) is 7.74. The number of nitrogens with one attached hydrogen (secondary N) is 1. The Kier molecular flexibility index (Phi) is 5.15. The molecule has 1 fully saturated rings. The lowest BCUT2D eigenvalue weighted by Crippen LogP contribution is -2.55. The molecule has 0 radical (unpaired) electrons. The minimum Gasteiger partial charge on any atom is -0.481 e. The highest BCUT2D eigenvalue weighted by Crippen LogP contribution is 2.33. The average Bonchev–Trinajstić information content (AvgIpc) is 2.84. The number of carboxylic acid groups (broad SMARTS) is 1. The van der Waals surface area contributed by atoms with Crippen LogP contribution in [0.4, 0.5) is 0 Å². The molecule has 0 spiro atoms. The molecule has 0 bridgehead atoms. The second-order valence-corrected chi connectivity index (χ2v) is 6.19. The van der Waals surface area contributed by atoms with Gasteiger partial charge in [0.15, 0.2) is 5.82 Å². The van der Waals surface area contributed by atoms with Gasteiger partial charge in [-0.1, -0.05) is 18.0 Å². The van der Waals surface area contributed by atoms with Gasteiger partial charge in [0.2, 0.25) is 11.8 Å². The number of rotatable bonds is 6. The number of carbonyl (C=O) groups is 2. The van der Waals surface area contributed by atoms with E-state index in [2.05, 4.69) is 15.5 Å². The number of aromatic nitrogens is 2. The Labute approximate surface area is 129 Å². The molecule has 2 rings (SSSR count). The minimum atomic E-state index is -0.830. The van der Waals surface area contributed by atoms with Crippen LogP contribution in [0.2, 0.25) is 0 Å². The van der Waals surface area contributed by atoms with E-state index in [0.717, 1.165) is 12.8 Å². The fraction of sp³-hybridized carbons (Fsp3) is 0.733. The summed E-state index contributed by atoms with van der Waals surface area (Å²) in [6.45, 7) is 3.58. The molecule has 1 aliphatic rings. The Bertz CT molecular complexity index is 543. The van der Waals surface area contributed by atoms with Crippen LogP contribution in [0.5, 0.6) is 0 Å². The second kappa shape index (κ2) is 6.89. The van der Waals surface area contributed by atoms with Crippen molar-refractivity contribution in [2.24, 2.45) is 5.92 Å². The van der Waals surface area contributed by atoms with Crippen LogP contribution in [0.15, 0.2) is 4.52 Å². The van der Waals surface area contributed by atoms with Crippen LogP contribution in [-0.2, 0) is 16.0 Å². The van der Waals surface area contributed by atoms with Crippen molar-refractivity contribution >= 4 is 11.9 Å². The molecule has 22 heavy (non-hydrogen) atoms. The van der Waals surface area contributed by atoms with E-state index in [1.54, 1.807) is 6.92 Å². The van der Waals surface area contributed by atoms with Crippen LogP contribution < -0.4 is 5.32 Å². The second-order valence-electron chi connectivity index (χ2n) is 6.19. The Morgan fingerprint density at radius 3 is 2.86 bits per heavy atom. The highest BCUT2D eigenvalue weighted by atomic mass is 16.5. The molecule has 1 aromatic heterocycles. The normalized spacial score (nSPS) is 24.9. The molecule has 1 aliphatic carbocycles. The maximum Gasteiger partial charge on any atom is 0.308 e. The van der Waals surface area contributed by atoms with E-state index < -0.39 is 17.4 Å². The van der Waals surface area contributed by atoms with Crippen molar-refractivity contribution in [3.63, 3.8) is 0 Å². The number of hydrogen-bond acceptors (Lipinski definition) is 5. The topological polar surface area (TPSA) is 105 Å². The summed E-state index contributed by atoms with van der Waals surface area (Å²) in [5.41, 5.74) is -0.651. The van der Waals surface area contributed by atoms with Crippen molar-refractivity contribution in [3.05, 3.63) is 11.7 Å². The van der Waals surface area contributed by atoms with Gasteiger partial charge in [-0.05, 0) is 33.1 Å². The Balaban J connectivity index is 1.83. The summed E-state index contributed by atoms with van der Waals surface area (Å²) in [5.74, 6) is -0.351. The van der Waals surface area contributed by atoms with E-state index in [1.165, 1.54) is 0 Å². The van der Waals surface area contributed by atoms with Crippen LogP contribution in [-0.4, -0.2) is 32.7 Å². The summed E-state index contributed by atoms with van der Waals surface area (Å²) in [6, 6.07) is 0. The first kappa shape index (κ1) is 16.5. The highest BCUT2D eigenvalue weighted by molar-refractivity contribution is 5.79. The van der Waals surface area contributed by atoms with Gasteiger partial charge in [-0.25, -0.2) is 0 Å². The zero-order valence-electron chi connectivity index (χ0n) is 13.1. The number of carbonyl (C=O) groups excluding carboxylic acids is 1. The Morgan fingerprint density at radius 2 is 2.23 bits per heavy atom. The predicted octanol–water partition coefficient (Wildman–Crippen LogP) is 1.85. The molecule has 1 amide bonds. The summed E-state index contributed by atoms with van der Waals surface area (Å²) in [4.78, 5) is 27.6. The van der Waals surface area contributed by atoms with Gasteiger partial charge >= 0.3 is 5.97 Å². The molecule has 2 N–H and O–H groups in total. The van der Waals surface area contributed by atoms with Gasteiger partial charge in [-0.15, -0.1) is 0 Å². The number of amides is 1. The van der Waals surface area contributed by atoms with Crippen molar-refractivity contribution in [1.29, 1.82) is 0 Å². The molecule has 0 aliphatic heterocycles. The third kappa shape index (κ3) is 4.05. The lowest BCUT2D eigenvalue weighted by atomic mass is 9.74. The zero-order chi connectivity index (χ0) is 16.2. The number of aliphatic carboxylic acids is 1. The maximum atomic E-state index is 12.1. The molecule has 2 atom stereocenters. The molecule has 122 valence electrons. The first-order valence-corrected chi connectivity index (χ1v) is 7.74. The lowest BCUT2D eigenvalue weighted by molar-refractivity contribution is -0.146. The molecule has 7 nitrogen and oxygen atoms in total. The largest absolute Gasteiger partial charge is 0.481 e. The smallest absolute Gasteiger partial charge is 0.308 e. The van der Waals surface area contributed by atoms with Crippen molar-refractivity contribution in [2.75, 3.05) is 0 Å². The van der Waals surface area contributed by atoms with Crippen LogP contribution in [0.3, 0.4) is 0 Å². The maximum absolute atomic E-state index is 12.1. The number of carboxylic acids is 1. The lowest BCUT2D eigenvalue weighted by Gasteiger charge is -2.39. The van der Waals surface area contributed by atoms with Crippen LogP contribution in [0.25, 0.3) is 0 Å². The molecule has 2 unspecified atom stereocenters. The summed E-state index contributed by atoms with van der Waals surface area (Å²) in [7, 11) is 0. The van der Waals surface area contributed by atoms with Gasteiger partial charge in [0.25, 0.3) is 0 Å². The molecule has 1 heterocycles. The van der Waals surface area contributed by atoms with E-state index in [9.17, 15) is 14.7 Å². The van der Waals surface area contributed by atoms with Gasteiger partial charge in [-0.2, -0.15) is 4.98 Å². The predicted molar refractivity (Wildman–Crippen MR) is 78.1 cm³/mol. The van der Waals surface area contributed by atoms with Crippen LogP contribution in [0, 0.1) is 12.8 Å². The molecule has 7 heteroatoms. The molecule has 1 saturated carbocycles. The highest BCUT2D eigenvalue weighted by Gasteiger charge is 2.41. The minimum absolute atomic E-state index is 0.119. The summed E-state index contributed by atoms with van der Waals surface area (Å²) in [6.07, 6.45) is 4.64. The number of hydrogen-bond donors (Lipinski definition) is 2. The molecular weight excluding hydrogens is 286 g/mol. The van der Waals surface area contributed by atoms with Crippen LogP contribution >= 0.6 is 0 Å². The monoisotopic (exact) mass is 309 g/mol. The molecule has 1 aromatic rings. The van der Waals surface area contributed by atoms with Gasteiger partial charge < -0.3 is 14.9 Å². The summed E-state index contributed by atoms with van der Waals surface area (Å²) in [5, 5.41) is 16.0. The standard InChI is InChI=1S/C15H23N3O4/c1-10-16-13(22-18-10)8-5-7-12(19)17-15(2)9-4-3-6-11(15)14(20)21/h11H,3-9H2,1-2H3,(H,17,19)(H,20,21). The van der Waals surface area contributed by atoms with E-state index in [1.807, 2.05) is 6.92 Å². The van der Waals surface area contributed by atoms with E-state index >= 15 is 0 Å². The Morgan fingerprint density at radius 1 is 1.45 bits per heavy atom. The molecule has 0 aromatic carbocycles. The van der Waals surface area contributed by atoms with Crippen molar-refractivity contribution in [2.45, 2.75) is 64.3 Å². The Hall–Kier alpha value is -1.92. The van der Waals surface area contributed by atoms with Gasteiger partial charge in [0, 0.05) is 12.8 Å². The van der Waals surface area contributed by atoms with Gasteiger partial charge in [0.05, 0.1) is 11.5 Å². The average molecular weight is 309 g/mol. The number of nitrogens with zero attached hydrogens (tertiary/aromatic N) is 2. The third-order valence-corrected chi connectivity index (χ3v) is 4.30. The van der Waals surface area contributed by atoms with Gasteiger partial charge in [0.1, 0.15) is 0 Å². The quantitative estimate of drug-likeness (QED) is 0.830. The van der Waals surface area contributed by atoms with E-state index in [4.69, 9.17) is 4.52 Å². The third-order valence-electron chi connectivity index (χ3n) is 4.30. The van der Waals surface area contributed by atoms with E-state index in [-0.39, 0.29) is 5.91 Å². The first-order chi connectivity index (χ1) is 10.4. The van der Waals surface area contributed by atoms with E-state index in [0.29, 0.717) is 43.8 Å². The van der Waals surface area contributed by atoms with Crippen LogP contribution in [0.1, 0.15) is 57.2 Å². The fourth-order valence-electron chi connectivity index (χ4n) is 3.10. The van der Waals surface area contributed by atoms with Gasteiger partial charge in [-0.3, -0.25) is 9.59 Å². The zero-order valence-corrected chi connectivity index (χ0v) is 13.1. The van der Waals surface area contributed by atoms with Crippen molar-refractivity contribution < 1.29 is 19.2 Å². The van der Waals surface area contributed by atoms with Crippen molar-refractivity contribution in [1.82, 2.24) is 15.5 Å². The molecule has 0 saturated heterocycles. The summed E-state index contributed by atoms with van der Waals surface area (Å²) >= 11 is 0. The van der Waals surface area contributed by atoms with Crippen molar-refractivity contribution in [3.8, 4) is 0 Å². The molecular formula is C15H23N3O4. The SMILES string of the molecule is Cc1noc(CCCC(=O)NC2(C)CCCCC2C(=O)O)n1. The summed E-state index contributed by atoms with van der Waals surface area (Å²) < 4.78 is 4.99.